The Morgan fingerprint density at radius 2 is 2.14 bits per heavy atom. The number of nitrogens with zero attached hydrogens (tertiary/aromatic N) is 1. The molecule has 1 aromatic carbocycles. The average Bonchev–Trinajstić information content (AvgIpc) is 2.25. The maximum Gasteiger partial charge on any atom is 0.177 e. The lowest BCUT2D eigenvalue weighted by molar-refractivity contribution is 0.181. The summed E-state index contributed by atoms with van der Waals surface area (Å²) >= 11 is 0. The molecule has 14 heavy (non-hydrogen) atoms. The third kappa shape index (κ3) is 3.32. The topological polar surface area (TPSA) is 21.6 Å². The van der Waals surface area contributed by atoms with Crippen molar-refractivity contribution in [2.45, 2.75) is 13.3 Å². The molecule has 1 rings (SSSR count). The second kappa shape index (κ2) is 5.82. The first-order valence-corrected chi connectivity index (χ1v) is 4.54. The highest BCUT2D eigenvalue weighted by Gasteiger charge is 1.89. The zero-order valence-electron chi connectivity index (χ0n) is 8.23. The number of hydrogen-bond donors (Lipinski definition) is 0. The summed E-state index contributed by atoms with van der Waals surface area (Å²) in [6.07, 6.45) is 7.69. The van der Waals surface area contributed by atoms with Crippen molar-refractivity contribution in [3.8, 4) is 12.3 Å². The number of benzene rings is 1. The van der Waals surface area contributed by atoms with Crippen LogP contribution in [0.25, 0.3) is 0 Å². The van der Waals surface area contributed by atoms with Crippen LogP contribution in [0.1, 0.15) is 18.1 Å². The van der Waals surface area contributed by atoms with Gasteiger partial charge in [-0.1, -0.05) is 42.3 Å². The molecule has 0 fully saturated rings. The minimum atomic E-state index is 0.212. The molecule has 0 N–H and O–H groups in total. The van der Waals surface area contributed by atoms with E-state index in [9.17, 15) is 0 Å². The lowest BCUT2D eigenvalue weighted by Gasteiger charge is -1.96. The second-order valence-electron chi connectivity index (χ2n) is 2.81. The highest BCUT2D eigenvalue weighted by atomic mass is 16.6. The lowest BCUT2D eigenvalue weighted by Crippen LogP contribution is -1.86. The van der Waals surface area contributed by atoms with Crippen LogP contribution in [0, 0.1) is 12.3 Å². The molecule has 0 atom stereocenters. The predicted molar refractivity (Wildman–Crippen MR) is 58.2 cm³/mol. The fourth-order valence-corrected chi connectivity index (χ4v) is 1.01. The van der Waals surface area contributed by atoms with Gasteiger partial charge in [-0.05, 0) is 17.5 Å². The fourth-order valence-electron chi connectivity index (χ4n) is 1.01. The quantitative estimate of drug-likeness (QED) is 0.306. The summed E-state index contributed by atoms with van der Waals surface area (Å²) in [6.45, 7) is 2.34. The summed E-state index contributed by atoms with van der Waals surface area (Å²) < 4.78 is 0. The molecule has 0 radical (unpaired) electrons. The van der Waals surface area contributed by atoms with Crippen molar-refractivity contribution in [2.24, 2.45) is 5.16 Å². The van der Waals surface area contributed by atoms with Crippen LogP contribution in [0.15, 0.2) is 29.4 Å². The van der Waals surface area contributed by atoms with Crippen LogP contribution in [-0.4, -0.2) is 12.8 Å². The van der Waals surface area contributed by atoms with Crippen molar-refractivity contribution in [3.63, 3.8) is 0 Å². The first-order valence-electron chi connectivity index (χ1n) is 4.54. The summed E-state index contributed by atoms with van der Waals surface area (Å²) in [4.78, 5) is 4.78. The summed E-state index contributed by atoms with van der Waals surface area (Å²) in [5.41, 5.74) is 2.32. The van der Waals surface area contributed by atoms with Crippen molar-refractivity contribution in [2.75, 3.05) is 6.61 Å². The summed E-state index contributed by atoms with van der Waals surface area (Å²) in [5, 5.41) is 3.72. The molecule has 0 aromatic heterocycles. The Hall–Kier alpha value is -1.75. The maximum atomic E-state index is 5.00. The minimum Gasteiger partial charge on any atom is -0.383 e. The van der Waals surface area contributed by atoms with E-state index in [1.54, 1.807) is 6.21 Å². The molecule has 0 spiro atoms. The first kappa shape index (κ1) is 10.3. The molecule has 0 heterocycles. The van der Waals surface area contributed by atoms with Crippen LogP contribution in [0.4, 0.5) is 0 Å². The summed E-state index contributed by atoms with van der Waals surface area (Å²) in [5.74, 6) is 2.34. The second-order valence-corrected chi connectivity index (χ2v) is 2.81. The van der Waals surface area contributed by atoms with Gasteiger partial charge in [0, 0.05) is 0 Å². The number of oxime groups is 1. The largest absolute Gasteiger partial charge is 0.383 e. The molecule has 0 bridgehead atoms. The van der Waals surface area contributed by atoms with Gasteiger partial charge in [-0.25, -0.2) is 0 Å². The van der Waals surface area contributed by atoms with E-state index < -0.39 is 0 Å². The molecule has 0 saturated carbocycles. The molecule has 1 aromatic rings. The maximum absolute atomic E-state index is 5.00. The van der Waals surface area contributed by atoms with Gasteiger partial charge in [0.2, 0.25) is 0 Å². The zero-order valence-corrected chi connectivity index (χ0v) is 8.23. The third-order valence-electron chi connectivity index (χ3n) is 1.81. The molecule has 0 aliphatic heterocycles. The normalized spacial score (nSPS) is 10.0. The van der Waals surface area contributed by atoms with Crippen LogP contribution in [0.2, 0.25) is 0 Å². The standard InChI is InChI=1S/C12H13NO/c1-3-9-14-13-10-12-7-5-11(4-2)6-8-12/h1,5-8,10H,4,9H2,2H3. The minimum absolute atomic E-state index is 0.212. The Morgan fingerprint density at radius 1 is 1.43 bits per heavy atom. The number of rotatable bonds is 4. The van der Waals surface area contributed by atoms with Crippen LogP contribution in [0.5, 0.6) is 0 Å². The van der Waals surface area contributed by atoms with Crippen molar-refractivity contribution in [1.82, 2.24) is 0 Å². The Bertz CT molecular complexity index is 332. The highest BCUT2D eigenvalue weighted by Crippen LogP contribution is 2.02. The van der Waals surface area contributed by atoms with Gasteiger partial charge in [-0.3, -0.25) is 0 Å². The van der Waals surface area contributed by atoms with Crippen LogP contribution < -0.4 is 0 Å². The van der Waals surface area contributed by atoms with Crippen molar-refractivity contribution < 1.29 is 4.84 Å². The summed E-state index contributed by atoms with van der Waals surface area (Å²) in [7, 11) is 0. The molecule has 72 valence electrons. The van der Waals surface area contributed by atoms with Gasteiger partial charge in [0.25, 0.3) is 0 Å². The van der Waals surface area contributed by atoms with Crippen molar-refractivity contribution in [1.29, 1.82) is 0 Å². The molecular formula is C12H13NO. The van der Waals surface area contributed by atoms with Gasteiger partial charge in [-0.15, -0.1) is 6.42 Å². The van der Waals surface area contributed by atoms with Crippen LogP contribution in [0.3, 0.4) is 0 Å². The van der Waals surface area contributed by atoms with E-state index >= 15 is 0 Å². The molecule has 2 nitrogen and oxygen atoms in total. The predicted octanol–water partition coefficient (Wildman–Crippen LogP) is 2.23. The molecule has 0 aliphatic rings. The van der Waals surface area contributed by atoms with E-state index in [4.69, 9.17) is 11.3 Å². The first-order chi connectivity index (χ1) is 6.86. The molecule has 0 amide bonds. The Labute approximate surface area is 84.6 Å². The molecular weight excluding hydrogens is 174 g/mol. The van der Waals surface area contributed by atoms with E-state index in [0.717, 1.165) is 12.0 Å². The Balaban J connectivity index is 2.52. The van der Waals surface area contributed by atoms with Gasteiger partial charge in [-0.2, -0.15) is 0 Å². The molecule has 0 unspecified atom stereocenters. The van der Waals surface area contributed by atoms with Crippen molar-refractivity contribution >= 4 is 6.21 Å². The number of terminal acetylenes is 1. The Morgan fingerprint density at radius 3 is 2.71 bits per heavy atom. The van der Waals surface area contributed by atoms with E-state index in [0.29, 0.717) is 0 Å². The van der Waals surface area contributed by atoms with Gasteiger partial charge < -0.3 is 4.84 Å². The van der Waals surface area contributed by atoms with Gasteiger partial charge in [0.05, 0.1) is 6.21 Å². The van der Waals surface area contributed by atoms with Gasteiger partial charge >= 0.3 is 0 Å². The van der Waals surface area contributed by atoms with E-state index in [-0.39, 0.29) is 6.61 Å². The molecule has 0 aliphatic carbocycles. The van der Waals surface area contributed by atoms with Crippen LogP contribution in [-0.2, 0) is 11.3 Å². The molecule has 2 heteroatoms. The average molecular weight is 187 g/mol. The van der Waals surface area contributed by atoms with Gasteiger partial charge in [0.1, 0.15) is 0 Å². The van der Waals surface area contributed by atoms with E-state index in [1.807, 2.05) is 12.1 Å². The number of hydrogen-bond acceptors (Lipinski definition) is 2. The van der Waals surface area contributed by atoms with Gasteiger partial charge in [0.15, 0.2) is 6.61 Å². The van der Waals surface area contributed by atoms with Crippen LogP contribution >= 0.6 is 0 Å². The summed E-state index contributed by atoms with van der Waals surface area (Å²) in [6, 6.07) is 8.15. The monoisotopic (exact) mass is 187 g/mol. The smallest absolute Gasteiger partial charge is 0.177 e. The zero-order chi connectivity index (χ0) is 10.2. The number of aryl methyl sites for hydroxylation is 1. The van der Waals surface area contributed by atoms with E-state index in [1.165, 1.54) is 5.56 Å². The molecule has 0 saturated heterocycles. The lowest BCUT2D eigenvalue weighted by atomic mass is 10.1. The SMILES string of the molecule is C#CCON=Cc1ccc(CC)cc1. The van der Waals surface area contributed by atoms with E-state index in [2.05, 4.69) is 30.1 Å². The third-order valence-corrected chi connectivity index (χ3v) is 1.81. The highest BCUT2D eigenvalue weighted by molar-refractivity contribution is 5.79. The fraction of sp³-hybridized carbons (Fsp3) is 0.250. The van der Waals surface area contributed by atoms with Crippen molar-refractivity contribution in [3.05, 3.63) is 35.4 Å². The Kier molecular flexibility index (Phi) is 4.30.